The van der Waals surface area contributed by atoms with Crippen molar-refractivity contribution in [3.05, 3.63) is 35.6 Å². The second-order valence-electron chi connectivity index (χ2n) is 7.55. The van der Waals surface area contributed by atoms with Crippen LogP contribution in [0.25, 0.3) is 0 Å². The van der Waals surface area contributed by atoms with Gasteiger partial charge in [0.15, 0.2) is 0 Å². The number of benzene rings is 1. The van der Waals surface area contributed by atoms with Crippen molar-refractivity contribution >= 4 is 11.8 Å². The number of amides is 2. The van der Waals surface area contributed by atoms with Gasteiger partial charge in [0.2, 0.25) is 11.8 Å². The molecule has 0 bridgehead atoms. The summed E-state index contributed by atoms with van der Waals surface area (Å²) in [6, 6.07) is 6.39. The van der Waals surface area contributed by atoms with E-state index in [4.69, 9.17) is 4.74 Å². The van der Waals surface area contributed by atoms with Gasteiger partial charge in [-0.15, -0.1) is 0 Å². The van der Waals surface area contributed by atoms with Gasteiger partial charge in [0, 0.05) is 51.7 Å². The van der Waals surface area contributed by atoms with E-state index in [1.165, 1.54) is 13.0 Å². The highest BCUT2D eigenvalue weighted by Gasteiger charge is 2.38. The lowest BCUT2D eigenvalue weighted by Crippen LogP contribution is -2.59. The van der Waals surface area contributed by atoms with E-state index < -0.39 is 5.41 Å². The van der Waals surface area contributed by atoms with Crippen LogP contribution in [0.3, 0.4) is 0 Å². The number of rotatable bonds is 4. The van der Waals surface area contributed by atoms with Gasteiger partial charge in [0.1, 0.15) is 11.9 Å². The predicted octanol–water partition coefficient (Wildman–Crippen LogP) is 1.15. The van der Waals surface area contributed by atoms with E-state index in [1.54, 1.807) is 17.0 Å². The van der Waals surface area contributed by atoms with Gasteiger partial charge >= 0.3 is 0 Å². The maximum atomic E-state index is 14.5. The highest BCUT2D eigenvalue weighted by molar-refractivity contribution is 5.83. The van der Waals surface area contributed by atoms with Gasteiger partial charge in [-0.05, 0) is 31.5 Å². The van der Waals surface area contributed by atoms with E-state index in [0.717, 1.165) is 0 Å². The highest BCUT2D eigenvalue weighted by Crippen LogP contribution is 2.35. The Balaban J connectivity index is 1.73. The normalized spacial score (nSPS) is 23.1. The minimum absolute atomic E-state index is 0.0202. The van der Waals surface area contributed by atoms with E-state index in [2.05, 4.69) is 5.32 Å². The SMILES string of the molecule is CC(=O)N1CCN(C)C(C(=O)NCC2(c3ccccc3F)CCOCC2)C1. The summed E-state index contributed by atoms with van der Waals surface area (Å²) in [4.78, 5) is 28.2. The molecule has 148 valence electrons. The van der Waals surface area contributed by atoms with Crippen molar-refractivity contribution in [1.82, 2.24) is 15.1 Å². The van der Waals surface area contributed by atoms with Crippen LogP contribution in [0.15, 0.2) is 24.3 Å². The van der Waals surface area contributed by atoms with Crippen molar-refractivity contribution in [3.63, 3.8) is 0 Å². The number of ether oxygens (including phenoxy) is 1. The average Bonchev–Trinajstić information content (AvgIpc) is 2.67. The quantitative estimate of drug-likeness (QED) is 0.855. The standard InChI is InChI=1S/C20H28FN3O3/c1-15(25)24-10-9-23(2)18(13-24)19(26)22-14-20(7-11-27-12-8-20)16-5-3-4-6-17(16)21/h3-6,18H,7-14H2,1-2H3,(H,22,26). The van der Waals surface area contributed by atoms with Crippen molar-refractivity contribution in [2.75, 3.05) is 46.4 Å². The number of carbonyl (C=O) groups is 2. The third-order valence-electron chi connectivity index (χ3n) is 5.89. The molecular weight excluding hydrogens is 349 g/mol. The van der Waals surface area contributed by atoms with Crippen molar-refractivity contribution in [2.45, 2.75) is 31.2 Å². The molecule has 1 N–H and O–H groups in total. The summed E-state index contributed by atoms with van der Waals surface area (Å²) >= 11 is 0. The summed E-state index contributed by atoms with van der Waals surface area (Å²) in [5.74, 6) is -0.384. The number of hydrogen-bond donors (Lipinski definition) is 1. The van der Waals surface area contributed by atoms with Crippen LogP contribution < -0.4 is 5.32 Å². The molecule has 0 radical (unpaired) electrons. The van der Waals surface area contributed by atoms with Crippen LogP contribution in [-0.2, 0) is 19.7 Å². The Kier molecular flexibility index (Phi) is 6.11. The summed E-state index contributed by atoms with van der Waals surface area (Å²) in [6.45, 7) is 4.65. The number of carbonyl (C=O) groups excluding carboxylic acids is 2. The Morgan fingerprint density at radius 2 is 1.96 bits per heavy atom. The molecule has 1 unspecified atom stereocenters. The largest absolute Gasteiger partial charge is 0.381 e. The summed E-state index contributed by atoms with van der Waals surface area (Å²) in [5, 5.41) is 3.04. The van der Waals surface area contributed by atoms with Gasteiger partial charge in [-0.1, -0.05) is 18.2 Å². The highest BCUT2D eigenvalue weighted by atomic mass is 19.1. The first-order valence-corrected chi connectivity index (χ1v) is 9.49. The van der Waals surface area contributed by atoms with Gasteiger partial charge in [0.05, 0.1) is 0 Å². The van der Waals surface area contributed by atoms with E-state index >= 15 is 0 Å². The first-order valence-electron chi connectivity index (χ1n) is 9.49. The van der Waals surface area contributed by atoms with E-state index in [9.17, 15) is 14.0 Å². The zero-order valence-corrected chi connectivity index (χ0v) is 16.0. The Morgan fingerprint density at radius 3 is 2.63 bits per heavy atom. The molecule has 2 aliphatic heterocycles. The van der Waals surface area contributed by atoms with Gasteiger partial charge in [-0.2, -0.15) is 0 Å². The molecular formula is C20H28FN3O3. The monoisotopic (exact) mass is 377 g/mol. The minimum atomic E-state index is -0.466. The first kappa shape index (κ1) is 19.8. The second-order valence-corrected chi connectivity index (χ2v) is 7.55. The lowest BCUT2D eigenvalue weighted by molar-refractivity contribution is -0.136. The Labute approximate surface area is 159 Å². The molecule has 1 atom stereocenters. The summed E-state index contributed by atoms with van der Waals surface area (Å²) in [7, 11) is 1.89. The number of halogens is 1. The Bertz CT molecular complexity index is 691. The smallest absolute Gasteiger partial charge is 0.239 e. The molecule has 2 heterocycles. The number of piperazine rings is 1. The fourth-order valence-electron chi connectivity index (χ4n) is 4.01. The third kappa shape index (κ3) is 4.30. The molecule has 6 nitrogen and oxygen atoms in total. The van der Waals surface area contributed by atoms with Crippen LogP contribution in [0.5, 0.6) is 0 Å². The van der Waals surface area contributed by atoms with Crippen LogP contribution in [0.1, 0.15) is 25.3 Å². The van der Waals surface area contributed by atoms with Crippen LogP contribution >= 0.6 is 0 Å². The minimum Gasteiger partial charge on any atom is -0.381 e. The van der Waals surface area contributed by atoms with Gasteiger partial charge in [0.25, 0.3) is 0 Å². The van der Waals surface area contributed by atoms with Crippen LogP contribution in [0.4, 0.5) is 4.39 Å². The van der Waals surface area contributed by atoms with Gasteiger partial charge in [-0.25, -0.2) is 4.39 Å². The van der Waals surface area contributed by atoms with E-state index in [-0.39, 0.29) is 23.7 Å². The molecule has 0 aromatic heterocycles. The van der Waals surface area contributed by atoms with Crippen molar-refractivity contribution in [1.29, 1.82) is 0 Å². The molecule has 2 amide bonds. The summed E-state index contributed by atoms with van der Waals surface area (Å²) in [6.07, 6.45) is 1.32. The molecule has 27 heavy (non-hydrogen) atoms. The molecule has 2 aliphatic rings. The summed E-state index contributed by atoms with van der Waals surface area (Å²) < 4.78 is 20.0. The maximum Gasteiger partial charge on any atom is 0.239 e. The molecule has 3 rings (SSSR count). The number of hydrogen-bond acceptors (Lipinski definition) is 4. The zero-order valence-electron chi connectivity index (χ0n) is 16.0. The number of nitrogens with one attached hydrogen (secondary N) is 1. The van der Waals surface area contributed by atoms with Gasteiger partial charge in [-0.3, -0.25) is 14.5 Å². The van der Waals surface area contributed by atoms with Gasteiger partial charge < -0.3 is 15.0 Å². The number of likely N-dealkylation sites (N-methyl/N-ethyl adjacent to an activating group) is 1. The van der Waals surface area contributed by atoms with Crippen LogP contribution in [0.2, 0.25) is 0 Å². The zero-order chi connectivity index (χ0) is 19.4. The molecule has 1 aromatic rings. The molecule has 2 saturated heterocycles. The topological polar surface area (TPSA) is 61.9 Å². The first-order chi connectivity index (χ1) is 12.9. The molecule has 0 spiro atoms. The number of nitrogens with zero attached hydrogens (tertiary/aromatic N) is 2. The second kappa shape index (κ2) is 8.35. The molecule has 0 aliphatic carbocycles. The molecule has 1 aromatic carbocycles. The molecule has 2 fully saturated rings. The predicted molar refractivity (Wildman–Crippen MR) is 99.8 cm³/mol. The lowest BCUT2D eigenvalue weighted by atomic mass is 9.73. The van der Waals surface area contributed by atoms with Crippen molar-refractivity contribution in [3.8, 4) is 0 Å². The summed E-state index contributed by atoms with van der Waals surface area (Å²) in [5.41, 5.74) is 0.170. The van der Waals surface area contributed by atoms with Crippen molar-refractivity contribution in [2.24, 2.45) is 0 Å². The molecule has 0 saturated carbocycles. The molecule has 7 heteroatoms. The fourth-order valence-corrected chi connectivity index (χ4v) is 4.01. The Hall–Kier alpha value is -1.99. The van der Waals surface area contributed by atoms with Crippen LogP contribution in [-0.4, -0.2) is 74.1 Å². The van der Waals surface area contributed by atoms with Crippen LogP contribution in [0, 0.1) is 5.82 Å². The Morgan fingerprint density at radius 1 is 1.26 bits per heavy atom. The van der Waals surface area contributed by atoms with E-state index in [1.807, 2.05) is 18.0 Å². The lowest BCUT2D eigenvalue weighted by Gasteiger charge is -2.40. The maximum absolute atomic E-state index is 14.5. The fraction of sp³-hybridized carbons (Fsp3) is 0.600. The van der Waals surface area contributed by atoms with E-state index in [0.29, 0.717) is 57.8 Å². The average molecular weight is 377 g/mol. The third-order valence-corrected chi connectivity index (χ3v) is 5.89. The van der Waals surface area contributed by atoms with Crippen molar-refractivity contribution < 1.29 is 18.7 Å².